The molecule has 4 nitrogen and oxygen atoms in total. The van der Waals surface area contributed by atoms with Gasteiger partial charge in [0.2, 0.25) is 0 Å². The Labute approximate surface area is 103 Å². The van der Waals surface area contributed by atoms with Gasteiger partial charge in [-0.05, 0) is 46.2 Å². The highest BCUT2D eigenvalue weighted by atomic mass is 16.5. The van der Waals surface area contributed by atoms with Crippen molar-refractivity contribution < 1.29 is 4.74 Å². The molecule has 96 valence electrons. The smallest absolute Gasteiger partial charge is 0.0784 e. The minimum atomic E-state index is 0.250. The highest BCUT2D eigenvalue weighted by molar-refractivity contribution is 5.10. The molecule has 0 amide bonds. The van der Waals surface area contributed by atoms with Gasteiger partial charge < -0.3 is 10.1 Å². The summed E-state index contributed by atoms with van der Waals surface area (Å²) in [6.45, 7) is 5.20. The summed E-state index contributed by atoms with van der Waals surface area (Å²) in [4.78, 5) is 0. The molecule has 1 aliphatic rings. The molecule has 2 heterocycles. The fraction of sp³-hybridized carbons (Fsp3) is 0.769. The second kappa shape index (κ2) is 5.65. The molecule has 1 aromatic heterocycles. The summed E-state index contributed by atoms with van der Waals surface area (Å²) < 4.78 is 7.97. The lowest BCUT2D eigenvalue weighted by Crippen LogP contribution is -2.35. The summed E-state index contributed by atoms with van der Waals surface area (Å²) in [5.74, 6) is 0. The Hall–Kier alpha value is -0.870. The number of nitrogens with one attached hydrogen (secondary N) is 1. The van der Waals surface area contributed by atoms with Gasteiger partial charge in [0.25, 0.3) is 0 Å². The van der Waals surface area contributed by atoms with Crippen molar-refractivity contribution in [1.29, 1.82) is 0 Å². The van der Waals surface area contributed by atoms with Crippen molar-refractivity contribution in [2.75, 3.05) is 13.7 Å². The quantitative estimate of drug-likeness (QED) is 0.873. The van der Waals surface area contributed by atoms with E-state index in [1.54, 1.807) is 0 Å². The van der Waals surface area contributed by atoms with Crippen molar-refractivity contribution in [3.05, 3.63) is 18.0 Å². The third-order valence-corrected chi connectivity index (χ3v) is 3.41. The standard InChI is InChI=1S/C13H23N3O/c1-10(2)16-11(7-8-15-16)13(14-3)12-6-4-5-9-17-12/h7-8,10,12-14H,4-6,9H2,1-3H3. The molecule has 17 heavy (non-hydrogen) atoms. The molecule has 0 radical (unpaired) electrons. The van der Waals surface area contributed by atoms with Crippen molar-refractivity contribution in [3.63, 3.8) is 0 Å². The molecule has 0 bridgehead atoms. The van der Waals surface area contributed by atoms with E-state index in [2.05, 4.69) is 35.0 Å². The van der Waals surface area contributed by atoms with Gasteiger partial charge in [0.15, 0.2) is 0 Å². The Morgan fingerprint density at radius 2 is 2.29 bits per heavy atom. The molecule has 1 aliphatic heterocycles. The maximum Gasteiger partial charge on any atom is 0.0784 e. The van der Waals surface area contributed by atoms with E-state index in [1.807, 2.05) is 13.2 Å². The lowest BCUT2D eigenvalue weighted by molar-refractivity contribution is -0.00859. The Kier molecular flexibility index (Phi) is 4.18. The highest BCUT2D eigenvalue weighted by Gasteiger charge is 2.27. The summed E-state index contributed by atoms with van der Waals surface area (Å²) >= 11 is 0. The van der Waals surface area contributed by atoms with Crippen molar-refractivity contribution in [1.82, 2.24) is 15.1 Å². The molecular weight excluding hydrogens is 214 g/mol. The Balaban J connectivity index is 2.18. The molecular formula is C13H23N3O. The van der Waals surface area contributed by atoms with E-state index in [0.717, 1.165) is 13.0 Å². The summed E-state index contributed by atoms with van der Waals surface area (Å²) in [5.41, 5.74) is 1.23. The van der Waals surface area contributed by atoms with E-state index in [1.165, 1.54) is 18.5 Å². The molecule has 1 fully saturated rings. The van der Waals surface area contributed by atoms with Gasteiger partial charge in [-0.2, -0.15) is 5.10 Å². The van der Waals surface area contributed by atoms with Crippen LogP contribution in [0.25, 0.3) is 0 Å². The van der Waals surface area contributed by atoms with Crippen molar-refractivity contribution >= 4 is 0 Å². The second-order valence-corrected chi connectivity index (χ2v) is 4.97. The first-order valence-corrected chi connectivity index (χ1v) is 6.56. The largest absolute Gasteiger partial charge is 0.376 e. The molecule has 0 aliphatic carbocycles. The zero-order chi connectivity index (χ0) is 12.3. The van der Waals surface area contributed by atoms with E-state index < -0.39 is 0 Å². The predicted octanol–water partition coefficient (Wildman–Crippen LogP) is 2.29. The van der Waals surface area contributed by atoms with Crippen LogP contribution in [0.1, 0.15) is 50.9 Å². The maximum absolute atomic E-state index is 5.89. The molecule has 0 saturated carbocycles. The minimum absolute atomic E-state index is 0.250. The number of hydrogen-bond acceptors (Lipinski definition) is 3. The number of hydrogen-bond donors (Lipinski definition) is 1. The fourth-order valence-electron chi connectivity index (χ4n) is 2.55. The van der Waals surface area contributed by atoms with Crippen molar-refractivity contribution in [2.24, 2.45) is 0 Å². The number of nitrogens with zero attached hydrogens (tertiary/aromatic N) is 2. The number of ether oxygens (including phenoxy) is 1. The average molecular weight is 237 g/mol. The van der Waals surface area contributed by atoms with Gasteiger partial charge in [0.05, 0.1) is 17.8 Å². The maximum atomic E-state index is 5.89. The average Bonchev–Trinajstić information content (AvgIpc) is 2.81. The van der Waals surface area contributed by atoms with Crippen LogP contribution in [0.3, 0.4) is 0 Å². The van der Waals surface area contributed by atoms with Gasteiger partial charge in [-0.3, -0.25) is 4.68 Å². The number of likely N-dealkylation sites (N-methyl/N-ethyl adjacent to an activating group) is 1. The third-order valence-electron chi connectivity index (χ3n) is 3.41. The van der Waals surface area contributed by atoms with Gasteiger partial charge in [0.1, 0.15) is 0 Å². The van der Waals surface area contributed by atoms with E-state index in [0.29, 0.717) is 6.04 Å². The molecule has 2 unspecified atom stereocenters. The van der Waals surface area contributed by atoms with E-state index in [4.69, 9.17) is 4.74 Å². The number of rotatable bonds is 4. The van der Waals surface area contributed by atoms with Crippen LogP contribution in [0, 0.1) is 0 Å². The van der Waals surface area contributed by atoms with Crippen LogP contribution in [-0.4, -0.2) is 29.5 Å². The Morgan fingerprint density at radius 1 is 1.47 bits per heavy atom. The van der Waals surface area contributed by atoms with E-state index in [-0.39, 0.29) is 12.1 Å². The first kappa shape index (κ1) is 12.6. The molecule has 0 aromatic carbocycles. The molecule has 0 spiro atoms. The molecule has 1 N–H and O–H groups in total. The summed E-state index contributed by atoms with van der Waals surface area (Å²) in [6, 6.07) is 2.73. The molecule has 1 saturated heterocycles. The SMILES string of the molecule is CNC(c1ccnn1C(C)C)C1CCCCO1. The van der Waals surface area contributed by atoms with Gasteiger partial charge >= 0.3 is 0 Å². The lowest BCUT2D eigenvalue weighted by Gasteiger charge is -2.31. The lowest BCUT2D eigenvalue weighted by atomic mass is 9.99. The van der Waals surface area contributed by atoms with Crippen molar-refractivity contribution in [3.8, 4) is 0 Å². The third kappa shape index (κ3) is 2.69. The van der Waals surface area contributed by atoms with Gasteiger partial charge in [-0.15, -0.1) is 0 Å². The zero-order valence-electron chi connectivity index (χ0n) is 11.0. The Bertz CT molecular complexity index is 342. The first-order chi connectivity index (χ1) is 8.24. The summed E-state index contributed by atoms with van der Waals surface area (Å²) in [7, 11) is 2.00. The highest BCUT2D eigenvalue weighted by Crippen LogP contribution is 2.27. The van der Waals surface area contributed by atoms with E-state index in [9.17, 15) is 0 Å². The van der Waals surface area contributed by atoms with Crippen LogP contribution in [0.2, 0.25) is 0 Å². The first-order valence-electron chi connectivity index (χ1n) is 6.56. The van der Waals surface area contributed by atoms with Gasteiger partial charge in [0, 0.05) is 18.8 Å². The van der Waals surface area contributed by atoms with Crippen LogP contribution >= 0.6 is 0 Å². The van der Waals surface area contributed by atoms with Gasteiger partial charge in [-0.25, -0.2) is 0 Å². The molecule has 1 aromatic rings. The minimum Gasteiger partial charge on any atom is -0.376 e. The van der Waals surface area contributed by atoms with Crippen LogP contribution < -0.4 is 5.32 Å². The summed E-state index contributed by atoms with van der Waals surface area (Å²) in [6.07, 6.45) is 5.75. The molecule has 4 heteroatoms. The van der Waals surface area contributed by atoms with Gasteiger partial charge in [-0.1, -0.05) is 0 Å². The van der Waals surface area contributed by atoms with Crippen LogP contribution in [0.4, 0.5) is 0 Å². The molecule has 2 atom stereocenters. The topological polar surface area (TPSA) is 39.1 Å². The van der Waals surface area contributed by atoms with E-state index >= 15 is 0 Å². The predicted molar refractivity (Wildman–Crippen MR) is 68.0 cm³/mol. The van der Waals surface area contributed by atoms with Crippen molar-refractivity contribution in [2.45, 2.75) is 51.3 Å². The van der Waals surface area contributed by atoms with Crippen LogP contribution in [0.5, 0.6) is 0 Å². The Morgan fingerprint density at radius 3 is 2.88 bits per heavy atom. The molecule has 2 rings (SSSR count). The second-order valence-electron chi connectivity index (χ2n) is 4.97. The number of aromatic nitrogens is 2. The van der Waals surface area contributed by atoms with Crippen LogP contribution in [-0.2, 0) is 4.74 Å². The zero-order valence-corrected chi connectivity index (χ0v) is 11.0. The normalized spacial score (nSPS) is 22.9. The van der Waals surface area contributed by atoms with Crippen LogP contribution in [0.15, 0.2) is 12.3 Å². The summed E-state index contributed by atoms with van der Waals surface area (Å²) in [5, 5.41) is 7.78. The monoisotopic (exact) mass is 237 g/mol. The fourth-order valence-corrected chi connectivity index (χ4v) is 2.55.